The van der Waals surface area contributed by atoms with E-state index in [2.05, 4.69) is 47.8 Å². The lowest BCUT2D eigenvalue weighted by Gasteiger charge is -2.31. The molecule has 14 aromatic rings. The van der Waals surface area contributed by atoms with Crippen LogP contribution >= 0.6 is 47.8 Å². The number of aromatic nitrogens is 2. The molecule has 0 fully saturated rings. The summed E-state index contributed by atoms with van der Waals surface area (Å²) in [5, 5.41) is 44.4. The number of pyridine rings is 4. The first-order valence-electron chi connectivity index (χ1n) is 26.8. The molecule has 0 aliphatic rings. The van der Waals surface area contributed by atoms with Crippen LogP contribution in [-0.2, 0) is 0 Å². The van der Waals surface area contributed by atoms with Gasteiger partial charge in [-0.15, -0.1) is 0 Å². The first-order chi connectivity index (χ1) is 42.3. The molecule has 0 atom stereocenters. The van der Waals surface area contributed by atoms with E-state index in [1.807, 2.05) is 70.3 Å². The highest BCUT2D eigenvalue weighted by Crippen LogP contribution is 2.46. The van der Waals surface area contributed by atoms with Crippen LogP contribution in [0.4, 0.5) is 38.8 Å². The second kappa shape index (κ2) is 22.6. The Hall–Kier alpha value is -10.7. The summed E-state index contributed by atoms with van der Waals surface area (Å²) >= 11 is 9.93. The van der Waals surface area contributed by atoms with Gasteiger partial charge in [-0.3, -0.25) is 23.9 Å². The molecule has 0 amide bonds. The van der Waals surface area contributed by atoms with Crippen LogP contribution in [0.1, 0.15) is 47.0 Å². The molecule has 0 bridgehead atoms. The number of carboxylic acids is 4. The molecule has 0 unspecified atom stereocenters. The van der Waals surface area contributed by atoms with E-state index in [1.54, 1.807) is 115 Å². The number of halogens is 4. The van der Waals surface area contributed by atoms with Crippen molar-refractivity contribution in [1.82, 2.24) is 8.80 Å². The van der Waals surface area contributed by atoms with Crippen LogP contribution < -0.4 is 31.5 Å². The Bertz CT molecular complexity index is 5240. The highest BCUT2D eigenvalue weighted by molar-refractivity contribution is 9.11. The first-order valence-corrected chi connectivity index (χ1v) is 29.2. The minimum atomic E-state index is -1.37. The Morgan fingerprint density at radius 3 is 1.02 bits per heavy atom. The summed E-state index contributed by atoms with van der Waals surface area (Å²) in [6, 6.07) is 54.2. The predicted molar refractivity (Wildman–Crippen MR) is 355 cm³/mol. The van der Waals surface area contributed by atoms with E-state index in [0.29, 0.717) is 103 Å². The van der Waals surface area contributed by atoms with Crippen molar-refractivity contribution in [2.45, 2.75) is 6.92 Å². The smallest absolute Gasteiger partial charge is 0.337 e. The number of carboxylic acid groups (broad SMARTS) is 4. The summed E-state index contributed by atoms with van der Waals surface area (Å²) in [7, 11) is 0. The van der Waals surface area contributed by atoms with E-state index in [-0.39, 0.29) is 69.0 Å². The van der Waals surface area contributed by atoms with Crippen LogP contribution in [0.5, 0.6) is 0 Å². The lowest BCUT2D eigenvalue weighted by Crippen LogP contribution is -2.20. The molecule has 0 aliphatic carbocycles. The third kappa shape index (κ3) is 9.64. The van der Waals surface area contributed by atoms with Crippen molar-refractivity contribution in [2.75, 3.05) is 9.80 Å². The maximum atomic E-state index is 14.2. The average Bonchev–Trinajstić information content (AvgIpc) is 0.760. The van der Waals surface area contributed by atoms with Crippen LogP contribution in [0.25, 0.3) is 76.2 Å². The van der Waals surface area contributed by atoms with Crippen LogP contribution in [0.2, 0.25) is 0 Å². The van der Waals surface area contributed by atoms with Gasteiger partial charge in [-0.25, -0.2) is 19.2 Å². The Labute approximate surface area is 524 Å². The molecule has 4 N–H and O–H groups in total. The SMILES string of the molecule is Cc1cc2c(=O)c3ccccc3n3c4cc5c(cc4c(=O)c(c1)c23)c(=O)c1cc(Br)cc2c(=O)c3ccccc3n5c21.F.O=C(O)c1cc(Br)cc(C(=O)O)c1N(c1ccccc1)c1cccc(N(c2ccccc2)c2c(C(=O)O)cc(Br)cc2C(=O)O)c1. The van der Waals surface area contributed by atoms with Gasteiger partial charge >= 0.3 is 23.9 Å². The van der Waals surface area contributed by atoms with Crippen molar-refractivity contribution in [3.8, 4) is 0 Å². The van der Waals surface area contributed by atoms with Crippen LogP contribution in [0, 0.1) is 6.92 Å². The zero-order chi connectivity index (χ0) is 61.7. The normalized spacial score (nSPS) is 11.4. The van der Waals surface area contributed by atoms with Gasteiger partial charge in [0, 0.05) is 79.3 Å². The highest BCUT2D eigenvalue weighted by Gasteiger charge is 2.31. The molecule has 20 heteroatoms. The maximum absolute atomic E-state index is 14.2. The fourth-order valence-electron chi connectivity index (χ4n) is 12.0. The van der Waals surface area contributed by atoms with Gasteiger partial charge in [0.15, 0.2) is 21.7 Å². The number of aromatic carboxylic acids is 4. The first kappa shape index (κ1) is 58.7. The molecule has 10 aromatic carbocycles. The second-order valence-electron chi connectivity index (χ2n) is 20.7. The van der Waals surface area contributed by atoms with E-state index in [4.69, 9.17) is 0 Å². The molecule has 4 heterocycles. The number of nitrogens with zero attached hydrogens (tertiary/aromatic N) is 4. The Morgan fingerprint density at radius 1 is 0.337 bits per heavy atom. The lowest BCUT2D eigenvalue weighted by molar-refractivity contribution is 0.0677. The molecule has 0 spiro atoms. The number of hydrogen-bond donors (Lipinski definition) is 4. The number of benzene rings is 10. The molecule has 89 heavy (non-hydrogen) atoms. The lowest BCUT2D eigenvalue weighted by atomic mass is 9.98. The number of carbonyl (C=O) groups is 4. The van der Waals surface area contributed by atoms with Crippen molar-refractivity contribution >= 4 is 182 Å². The van der Waals surface area contributed by atoms with E-state index >= 15 is 0 Å². The van der Waals surface area contributed by atoms with Crippen molar-refractivity contribution in [3.05, 3.63) is 276 Å². The number of anilines is 6. The largest absolute Gasteiger partial charge is 0.478 e. The van der Waals surface area contributed by atoms with Gasteiger partial charge in [0.25, 0.3) is 0 Å². The van der Waals surface area contributed by atoms with Gasteiger partial charge in [-0.1, -0.05) is 115 Å². The molecule has 16 nitrogen and oxygen atoms in total. The van der Waals surface area contributed by atoms with Crippen molar-refractivity contribution in [1.29, 1.82) is 0 Å². The standard InChI is InChI=1S/C35H17BrN2O4.C34H22Br2N2O8.FH/c1-16-10-22-30-23(11-16)34(41)20-14-21-29(15-28(20)37(30)26-8-4-2-6-18(26)32(22)39)38-27-9-5-3-7-19(27)33(40)24-12-17(36)13-25(31(24)38)35(21)42;35-19-14-25(31(39)40)29(26(15-19)32(41)42)37(21-8-3-1-4-9-21)23-12-7-13-24(18-23)38(22-10-5-2-6-11-22)30-27(33(43)44)16-20(36)17-28(30)34(45)46;/h2-15H,1H3;1-18H,(H,39,40)(H,41,42)(H,43,44)(H,45,46);1H. The second-order valence-corrected chi connectivity index (χ2v) is 23.5. The molecule has 14 rings (SSSR count). The molecular weight excluding hydrogens is 1340 g/mol. The van der Waals surface area contributed by atoms with Gasteiger partial charge < -0.3 is 39.0 Å². The summed E-state index contributed by atoms with van der Waals surface area (Å²) in [4.78, 5) is 109. The number of hydrogen-bond acceptors (Lipinski definition) is 10. The summed E-state index contributed by atoms with van der Waals surface area (Å²) in [6.45, 7) is 1.87. The van der Waals surface area contributed by atoms with Gasteiger partial charge in [0.1, 0.15) is 0 Å². The molecule has 0 saturated heterocycles. The third-order valence-electron chi connectivity index (χ3n) is 15.5. The number of aryl methyl sites for hydroxylation is 1. The molecular formula is C69H40Br3FN4O12. The number of para-hydroxylation sites is 4. The zero-order valence-corrected chi connectivity index (χ0v) is 50.6. The van der Waals surface area contributed by atoms with Gasteiger partial charge in [0.05, 0.1) is 66.7 Å². The monoisotopic (exact) mass is 1370 g/mol. The minimum absolute atomic E-state index is 0. The van der Waals surface area contributed by atoms with Crippen LogP contribution in [-0.4, -0.2) is 53.1 Å². The predicted octanol–water partition coefficient (Wildman–Crippen LogP) is 15.6. The van der Waals surface area contributed by atoms with Crippen molar-refractivity contribution in [2.24, 2.45) is 0 Å². The molecule has 0 aliphatic heterocycles. The van der Waals surface area contributed by atoms with Crippen molar-refractivity contribution in [3.63, 3.8) is 0 Å². The van der Waals surface area contributed by atoms with Gasteiger partial charge in [-0.2, -0.15) is 0 Å². The summed E-state index contributed by atoms with van der Waals surface area (Å²) < 4.78 is 5.06. The maximum Gasteiger partial charge on any atom is 0.337 e. The van der Waals surface area contributed by atoms with E-state index in [1.165, 1.54) is 34.1 Å². The summed E-state index contributed by atoms with van der Waals surface area (Å²) in [6.07, 6.45) is 0. The van der Waals surface area contributed by atoms with E-state index < -0.39 is 23.9 Å². The van der Waals surface area contributed by atoms with Gasteiger partial charge in [0.2, 0.25) is 0 Å². The topological polar surface area (TPSA) is 233 Å². The molecule has 436 valence electrons. The Balaban J connectivity index is 0.000000171. The Kier molecular flexibility index (Phi) is 14.9. The highest BCUT2D eigenvalue weighted by atomic mass is 79.9. The number of fused-ring (bicyclic) bond motifs is 8. The average molecular weight is 1380 g/mol. The van der Waals surface area contributed by atoms with Crippen LogP contribution in [0.3, 0.4) is 0 Å². The number of rotatable bonds is 10. The Morgan fingerprint density at radius 2 is 0.652 bits per heavy atom. The molecule has 0 saturated carbocycles. The van der Waals surface area contributed by atoms with Gasteiger partial charge in [-0.05, 0) is 140 Å². The van der Waals surface area contributed by atoms with E-state index in [9.17, 15) is 58.8 Å². The van der Waals surface area contributed by atoms with E-state index in [0.717, 1.165) is 5.56 Å². The quantitative estimate of drug-likeness (QED) is 0.0737. The summed E-state index contributed by atoms with van der Waals surface area (Å²) in [5.41, 5.74) is 3.67. The molecule has 0 radical (unpaired) electrons. The molecule has 4 aromatic heterocycles. The minimum Gasteiger partial charge on any atom is -0.478 e. The zero-order valence-electron chi connectivity index (χ0n) is 45.9. The third-order valence-corrected chi connectivity index (χ3v) is 16.9. The van der Waals surface area contributed by atoms with Crippen LogP contribution in [0.15, 0.2) is 227 Å². The fraction of sp³-hybridized carbons (Fsp3) is 0.0145. The van der Waals surface area contributed by atoms with Crippen molar-refractivity contribution < 1.29 is 44.3 Å². The fourth-order valence-corrected chi connectivity index (χ4v) is 13.4. The summed E-state index contributed by atoms with van der Waals surface area (Å²) in [5.74, 6) is -5.47.